The molecule has 24 heavy (non-hydrogen) atoms. The monoisotopic (exact) mass is 345 g/mol. The van der Waals surface area contributed by atoms with Crippen molar-refractivity contribution < 1.29 is 34.7 Å². The zero-order valence-corrected chi connectivity index (χ0v) is 13.4. The van der Waals surface area contributed by atoms with E-state index in [1.165, 1.54) is 6.20 Å². The molecule has 0 unspecified atom stereocenters. The van der Waals surface area contributed by atoms with E-state index in [1.807, 2.05) is 6.92 Å². The molecular formula is C14H23N3O7. The van der Waals surface area contributed by atoms with Crippen LogP contribution in [0.15, 0.2) is 6.20 Å². The van der Waals surface area contributed by atoms with Crippen LogP contribution in [0.5, 0.6) is 0 Å². The Morgan fingerprint density at radius 3 is 2.75 bits per heavy atom. The van der Waals surface area contributed by atoms with Crippen molar-refractivity contribution in [2.75, 3.05) is 6.61 Å². The van der Waals surface area contributed by atoms with Crippen LogP contribution in [0.3, 0.4) is 0 Å². The van der Waals surface area contributed by atoms with Gasteiger partial charge >= 0.3 is 5.97 Å². The topological polar surface area (TPSA) is 147 Å². The van der Waals surface area contributed by atoms with E-state index in [-0.39, 0.29) is 12.6 Å². The van der Waals surface area contributed by atoms with Crippen LogP contribution in [0.25, 0.3) is 0 Å². The number of ether oxygens (including phenoxy) is 2. The van der Waals surface area contributed by atoms with Crippen LogP contribution < -0.4 is 0 Å². The van der Waals surface area contributed by atoms with Crippen molar-refractivity contribution in [3.63, 3.8) is 0 Å². The van der Waals surface area contributed by atoms with Gasteiger partial charge in [0, 0.05) is 6.42 Å². The molecule has 1 fully saturated rings. The summed E-state index contributed by atoms with van der Waals surface area (Å²) in [6.45, 7) is 1.37. The zero-order chi connectivity index (χ0) is 17.7. The van der Waals surface area contributed by atoms with Gasteiger partial charge < -0.3 is 29.9 Å². The van der Waals surface area contributed by atoms with E-state index < -0.39 is 37.3 Å². The number of hydrogen-bond acceptors (Lipinski definition) is 9. The van der Waals surface area contributed by atoms with Crippen molar-refractivity contribution in [1.82, 2.24) is 15.0 Å². The molecule has 1 saturated heterocycles. The predicted octanol–water partition coefficient (Wildman–Crippen LogP) is -1.52. The highest BCUT2D eigenvalue weighted by atomic mass is 16.6. The van der Waals surface area contributed by atoms with Gasteiger partial charge in [-0.2, -0.15) is 0 Å². The van der Waals surface area contributed by atoms with Crippen molar-refractivity contribution in [1.29, 1.82) is 0 Å². The standard InChI is InChI=1S/C14H23N3O7/c1-2-3-4-10(19)23-7-8-5-17(16-15-8)14-13(22)12(21)11(20)9(6-18)24-14/h5,9,11-14,18,20-22H,2-4,6-7H2,1H3/t9-,11-,12+,13-,14-/m1/s1. The molecule has 0 saturated carbocycles. The molecule has 2 heterocycles. The zero-order valence-electron chi connectivity index (χ0n) is 13.4. The summed E-state index contributed by atoms with van der Waals surface area (Å²) in [5.74, 6) is -0.334. The van der Waals surface area contributed by atoms with E-state index in [0.29, 0.717) is 12.1 Å². The van der Waals surface area contributed by atoms with Crippen molar-refractivity contribution in [3.05, 3.63) is 11.9 Å². The van der Waals surface area contributed by atoms with Gasteiger partial charge in [0.1, 0.15) is 36.7 Å². The molecule has 0 aromatic carbocycles. The second kappa shape index (κ2) is 8.49. The van der Waals surface area contributed by atoms with Gasteiger partial charge in [0.2, 0.25) is 0 Å². The van der Waals surface area contributed by atoms with Crippen molar-refractivity contribution >= 4 is 5.97 Å². The SMILES string of the molecule is CCCCC(=O)OCc1cn([C@@H]2O[C@H](CO)[C@@H](O)[C@H](O)[C@H]2O)nn1. The predicted molar refractivity (Wildman–Crippen MR) is 78.4 cm³/mol. The molecule has 0 spiro atoms. The Balaban J connectivity index is 1.97. The molecule has 10 nitrogen and oxygen atoms in total. The molecule has 0 bridgehead atoms. The number of hydrogen-bond donors (Lipinski definition) is 4. The molecule has 4 N–H and O–H groups in total. The van der Waals surface area contributed by atoms with Gasteiger partial charge in [0.25, 0.3) is 0 Å². The highest BCUT2D eigenvalue weighted by Crippen LogP contribution is 2.27. The first-order valence-electron chi connectivity index (χ1n) is 7.84. The van der Waals surface area contributed by atoms with Crippen LogP contribution in [0, 0.1) is 0 Å². The maximum absolute atomic E-state index is 11.5. The number of nitrogens with zero attached hydrogens (tertiary/aromatic N) is 3. The van der Waals surface area contributed by atoms with Gasteiger partial charge in [-0.3, -0.25) is 4.79 Å². The van der Waals surface area contributed by atoms with Crippen molar-refractivity contribution in [2.45, 2.75) is 63.4 Å². The minimum atomic E-state index is -1.50. The van der Waals surface area contributed by atoms with Crippen LogP contribution in [-0.2, 0) is 20.9 Å². The van der Waals surface area contributed by atoms with Crippen LogP contribution in [0.4, 0.5) is 0 Å². The number of carbonyl (C=O) groups excluding carboxylic acids is 1. The summed E-state index contributed by atoms with van der Waals surface area (Å²) in [5, 5.41) is 46.3. The first kappa shape index (κ1) is 18.7. The summed E-state index contributed by atoms with van der Waals surface area (Å²) < 4.78 is 11.6. The Bertz CT molecular complexity index is 536. The summed E-state index contributed by atoms with van der Waals surface area (Å²) in [7, 11) is 0. The largest absolute Gasteiger partial charge is 0.459 e. The van der Waals surface area contributed by atoms with E-state index in [2.05, 4.69) is 10.3 Å². The fraction of sp³-hybridized carbons (Fsp3) is 0.786. The molecule has 136 valence electrons. The lowest BCUT2D eigenvalue weighted by Gasteiger charge is -2.39. The summed E-state index contributed by atoms with van der Waals surface area (Å²) in [4.78, 5) is 11.5. The fourth-order valence-corrected chi connectivity index (χ4v) is 2.35. The number of rotatable bonds is 7. The third-order valence-corrected chi connectivity index (χ3v) is 3.80. The number of aliphatic hydroxyl groups is 4. The minimum Gasteiger partial charge on any atom is -0.459 e. The molecule has 0 amide bonds. The van der Waals surface area contributed by atoms with Crippen molar-refractivity contribution in [3.8, 4) is 0 Å². The van der Waals surface area contributed by atoms with Gasteiger partial charge in [0.05, 0.1) is 12.8 Å². The number of unbranched alkanes of at least 4 members (excludes halogenated alkanes) is 1. The summed E-state index contributed by atoms with van der Waals surface area (Å²) in [6.07, 6.45) is -3.19. The van der Waals surface area contributed by atoms with Crippen LogP contribution in [-0.4, -0.2) is 72.4 Å². The smallest absolute Gasteiger partial charge is 0.306 e. The number of aliphatic hydroxyl groups excluding tert-OH is 4. The van der Waals surface area contributed by atoms with E-state index in [9.17, 15) is 25.2 Å². The Morgan fingerprint density at radius 1 is 1.33 bits per heavy atom. The minimum absolute atomic E-state index is 0.0695. The Kier molecular flexibility index (Phi) is 6.63. The molecular weight excluding hydrogens is 322 g/mol. The van der Waals surface area contributed by atoms with E-state index in [1.54, 1.807) is 0 Å². The first-order valence-corrected chi connectivity index (χ1v) is 7.84. The highest BCUT2D eigenvalue weighted by molar-refractivity contribution is 5.69. The van der Waals surface area contributed by atoms with Crippen LogP contribution in [0.2, 0.25) is 0 Å². The summed E-state index contributed by atoms with van der Waals surface area (Å²) in [5.41, 5.74) is 0.344. The second-order valence-electron chi connectivity index (χ2n) is 5.67. The third kappa shape index (κ3) is 4.28. The number of carbonyl (C=O) groups is 1. The molecule has 1 aliphatic rings. The lowest BCUT2D eigenvalue weighted by atomic mass is 9.98. The third-order valence-electron chi connectivity index (χ3n) is 3.80. The molecule has 0 aliphatic carbocycles. The van der Waals surface area contributed by atoms with E-state index in [4.69, 9.17) is 9.47 Å². The molecule has 0 radical (unpaired) electrons. The van der Waals surface area contributed by atoms with Gasteiger partial charge in [0.15, 0.2) is 6.23 Å². The maximum atomic E-state index is 11.5. The average Bonchev–Trinajstić information content (AvgIpc) is 3.05. The lowest BCUT2D eigenvalue weighted by Crippen LogP contribution is -2.56. The second-order valence-corrected chi connectivity index (χ2v) is 5.67. The van der Waals surface area contributed by atoms with Crippen molar-refractivity contribution in [2.24, 2.45) is 0 Å². The molecule has 2 rings (SSSR count). The summed E-state index contributed by atoms with van der Waals surface area (Å²) in [6, 6.07) is 0. The van der Waals surface area contributed by atoms with Gasteiger partial charge in [-0.15, -0.1) is 5.10 Å². The maximum Gasteiger partial charge on any atom is 0.306 e. The Morgan fingerprint density at radius 2 is 2.08 bits per heavy atom. The Labute approximate surface area is 138 Å². The lowest BCUT2D eigenvalue weighted by molar-refractivity contribution is -0.254. The fourth-order valence-electron chi connectivity index (χ4n) is 2.35. The molecule has 10 heteroatoms. The van der Waals surface area contributed by atoms with Crippen LogP contribution in [0.1, 0.15) is 38.1 Å². The number of aromatic nitrogens is 3. The molecule has 1 aromatic rings. The number of esters is 1. The Hall–Kier alpha value is -1.59. The normalized spacial score (nSPS) is 30.3. The van der Waals surface area contributed by atoms with Gasteiger partial charge in [-0.1, -0.05) is 18.6 Å². The highest BCUT2D eigenvalue weighted by Gasteiger charge is 2.44. The quantitative estimate of drug-likeness (QED) is 0.433. The molecule has 1 aliphatic heterocycles. The van der Waals surface area contributed by atoms with Gasteiger partial charge in [-0.05, 0) is 6.42 Å². The average molecular weight is 345 g/mol. The van der Waals surface area contributed by atoms with E-state index in [0.717, 1.165) is 17.5 Å². The molecule has 1 aromatic heterocycles. The molecule has 5 atom stereocenters. The first-order chi connectivity index (χ1) is 11.5. The summed E-state index contributed by atoms with van der Waals surface area (Å²) >= 11 is 0. The van der Waals surface area contributed by atoms with Gasteiger partial charge in [-0.25, -0.2) is 4.68 Å². The van der Waals surface area contributed by atoms with Crippen LogP contribution >= 0.6 is 0 Å². The van der Waals surface area contributed by atoms with E-state index >= 15 is 0 Å².